The van der Waals surface area contributed by atoms with E-state index in [9.17, 15) is 10.2 Å². The predicted molar refractivity (Wildman–Crippen MR) is 67.3 cm³/mol. The Labute approximate surface area is 103 Å². The van der Waals surface area contributed by atoms with E-state index in [-0.39, 0.29) is 23.9 Å². The van der Waals surface area contributed by atoms with Gasteiger partial charge in [-0.25, -0.2) is 0 Å². The second kappa shape index (κ2) is 5.65. The summed E-state index contributed by atoms with van der Waals surface area (Å²) >= 11 is 0. The summed E-state index contributed by atoms with van der Waals surface area (Å²) in [6.07, 6.45) is 6.19. The van der Waals surface area contributed by atoms with Gasteiger partial charge in [0.25, 0.3) is 0 Å². The Morgan fingerprint density at radius 2 is 1.18 bits per heavy atom. The third-order valence-electron chi connectivity index (χ3n) is 4.67. The molecule has 0 spiro atoms. The monoisotopic (exact) mass is 242 g/mol. The highest BCUT2D eigenvalue weighted by atomic mass is 16.3. The van der Waals surface area contributed by atoms with Crippen molar-refractivity contribution in [2.45, 2.75) is 69.2 Å². The van der Waals surface area contributed by atoms with Crippen molar-refractivity contribution in [3.05, 3.63) is 0 Å². The van der Waals surface area contributed by atoms with E-state index in [1.807, 2.05) is 0 Å². The first-order valence-corrected chi connectivity index (χ1v) is 6.97. The fourth-order valence-corrected chi connectivity index (χ4v) is 3.52. The minimum absolute atomic E-state index is 0.0804. The molecule has 6 N–H and O–H groups in total. The van der Waals surface area contributed by atoms with Gasteiger partial charge in [0.05, 0.1) is 12.2 Å². The second-order valence-electron chi connectivity index (χ2n) is 5.93. The zero-order chi connectivity index (χ0) is 12.4. The maximum Gasteiger partial charge on any atom is 0.0719 e. The van der Waals surface area contributed by atoms with Gasteiger partial charge in [0.15, 0.2) is 0 Å². The van der Waals surface area contributed by atoms with Crippen LogP contribution >= 0.6 is 0 Å². The third kappa shape index (κ3) is 2.99. The number of hydrogen-bond acceptors (Lipinski definition) is 4. The molecule has 0 aromatic rings. The van der Waals surface area contributed by atoms with Crippen molar-refractivity contribution < 1.29 is 10.2 Å². The van der Waals surface area contributed by atoms with Crippen molar-refractivity contribution >= 4 is 0 Å². The van der Waals surface area contributed by atoms with Crippen LogP contribution in [0.25, 0.3) is 0 Å². The van der Waals surface area contributed by atoms with Gasteiger partial charge in [0, 0.05) is 12.1 Å². The summed E-state index contributed by atoms with van der Waals surface area (Å²) in [5.74, 6) is 0.507. The zero-order valence-corrected chi connectivity index (χ0v) is 10.5. The maximum atomic E-state index is 10.1. The molecular formula is C13H26N2O2. The minimum Gasteiger partial charge on any atom is -0.391 e. The number of rotatable bonds is 2. The Morgan fingerprint density at radius 3 is 1.59 bits per heavy atom. The van der Waals surface area contributed by atoms with Crippen molar-refractivity contribution in [1.29, 1.82) is 0 Å². The van der Waals surface area contributed by atoms with Gasteiger partial charge in [-0.1, -0.05) is 12.8 Å². The average molecular weight is 242 g/mol. The van der Waals surface area contributed by atoms with Gasteiger partial charge in [-0.2, -0.15) is 0 Å². The summed E-state index contributed by atoms with van der Waals surface area (Å²) in [7, 11) is 0. The molecule has 2 fully saturated rings. The van der Waals surface area contributed by atoms with Crippen LogP contribution in [0.5, 0.6) is 0 Å². The van der Waals surface area contributed by atoms with Crippen LogP contribution < -0.4 is 11.5 Å². The van der Waals surface area contributed by atoms with Crippen molar-refractivity contribution in [2.24, 2.45) is 23.3 Å². The third-order valence-corrected chi connectivity index (χ3v) is 4.67. The van der Waals surface area contributed by atoms with Crippen LogP contribution in [-0.4, -0.2) is 34.5 Å². The van der Waals surface area contributed by atoms with Crippen LogP contribution in [0.15, 0.2) is 0 Å². The van der Waals surface area contributed by atoms with Crippen LogP contribution in [-0.2, 0) is 0 Å². The van der Waals surface area contributed by atoms with E-state index >= 15 is 0 Å². The van der Waals surface area contributed by atoms with Crippen LogP contribution in [0.1, 0.15) is 44.9 Å². The fraction of sp³-hybridized carbons (Fsp3) is 1.00. The molecule has 0 aliphatic heterocycles. The summed E-state index contributed by atoms with van der Waals surface area (Å²) < 4.78 is 0. The van der Waals surface area contributed by atoms with Gasteiger partial charge in [-0.05, 0) is 43.9 Å². The maximum absolute atomic E-state index is 10.1. The highest BCUT2D eigenvalue weighted by Gasteiger charge is 2.35. The minimum atomic E-state index is -0.394. The number of hydrogen-bond donors (Lipinski definition) is 4. The summed E-state index contributed by atoms with van der Waals surface area (Å²) in [5.41, 5.74) is 11.8. The molecule has 0 aromatic carbocycles. The first-order chi connectivity index (χ1) is 8.09. The Hall–Kier alpha value is -0.160. The number of nitrogens with two attached hydrogens (primary N) is 2. The normalized spacial score (nSPS) is 48.0. The molecule has 2 aliphatic carbocycles. The van der Waals surface area contributed by atoms with E-state index in [0.717, 1.165) is 44.9 Å². The van der Waals surface area contributed by atoms with E-state index in [0.29, 0.717) is 0 Å². The molecule has 17 heavy (non-hydrogen) atoms. The van der Waals surface area contributed by atoms with Crippen LogP contribution in [0.2, 0.25) is 0 Å². The zero-order valence-electron chi connectivity index (χ0n) is 10.5. The molecule has 0 bridgehead atoms. The molecule has 6 atom stereocenters. The molecule has 100 valence electrons. The molecule has 0 radical (unpaired) electrons. The topological polar surface area (TPSA) is 92.5 Å². The van der Waals surface area contributed by atoms with Gasteiger partial charge in [0.1, 0.15) is 0 Å². The van der Waals surface area contributed by atoms with Crippen LogP contribution in [0.4, 0.5) is 0 Å². The summed E-state index contributed by atoms with van der Waals surface area (Å²) in [6, 6.07) is -0.161. The SMILES string of the molecule is NC1CCCC(CC2CCCC(N)C2O)C1O. The molecule has 2 aliphatic rings. The van der Waals surface area contributed by atoms with Crippen molar-refractivity contribution in [2.75, 3.05) is 0 Å². The Kier molecular flexibility index (Phi) is 4.42. The van der Waals surface area contributed by atoms with Crippen LogP contribution in [0, 0.1) is 11.8 Å². The van der Waals surface area contributed by atoms with E-state index in [1.54, 1.807) is 0 Å². The first kappa shape index (κ1) is 13.3. The van der Waals surface area contributed by atoms with Crippen LogP contribution in [0.3, 0.4) is 0 Å². The molecule has 4 nitrogen and oxygen atoms in total. The largest absolute Gasteiger partial charge is 0.391 e. The smallest absolute Gasteiger partial charge is 0.0719 e. The summed E-state index contributed by atoms with van der Waals surface area (Å²) in [5, 5.41) is 20.2. The van der Waals surface area contributed by atoms with Gasteiger partial charge < -0.3 is 21.7 Å². The molecule has 0 saturated heterocycles. The second-order valence-corrected chi connectivity index (χ2v) is 5.93. The quantitative estimate of drug-likeness (QED) is 0.562. The first-order valence-electron chi connectivity index (χ1n) is 6.97. The highest BCUT2D eigenvalue weighted by molar-refractivity contribution is 4.90. The Bertz CT molecular complexity index is 226. The Morgan fingerprint density at radius 1 is 0.765 bits per heavy atom. The summed E-state index contributed by atoms with van der Waals surface area (Å²) in [6.45, 7) is 0. The van der Waals surface area contributed by atoms with E-state index in [1.165, 1.54) is 0 Å². The van der Waals surface area contributed by atoms with Crippen molar-refractivity contribution in [3.8, 4) is 0 Å². The molecule has 2 rings (SSSR count). The molecule has 0 amide bonds. The van der Waals surface area contributed by atoms with Gasteiger partial charge in [-0.15, -0.1) is 0 Å². The molecule has 2 saturated carbocycles. The lowest BCUT2D eigenvalue weighted by atomic mass is 9.73. The van der Waals surface area contributed by atoms with Gasteiger partial charge in [-0.3, -0.25) is 0 Å². The lowest BCUT2D eigenvalue weighted by molar-refractivity contribution is -0.00199. The molecular weight excluding hydrogens is 216 g/mol. The average Bonchev–Trinajstić information content (AvgIpc) is 2.31. The fourth-order valence-electron chi connectivity index (χ4n) is 3.52. The molecule has 6 unspecified atom stereocenters. The molecule has 0 aromatic heterocycles. The predicted octanol–water partition coefficient (Wildman–Crippen LogP) is 0.353. The number of aliphatic hydroxyl groups excluding tert-OH is 2. The van der Waals surface area contributed by atoms with Crippen molar-refractivity contribution in [1.82, 2.24) is 0 Å². The van der Waals surface area contributed by atoms with Gasteiger partial charge >= 0.3 is 0 Å². The molecule has 0 heterocycles. The van der Waals surface area contributed by atoms with E-state index in [2.05, 4.69) is 0 Å². The van der Waals surface area contributed by atoms with Gasteiger partial charge in [0.2, 0.25) is 0 Å². The lowest BCUT2D eigenvalue weighted by Gasteiger charge is -2.39. The van der Waals surface area contributed by atoms with Crippen molar-refractivity contribution in [3.63, 3.8) is 0 Å². The highest BCUT2D eigenvalue weighted by Crippen LogP contribution is 2.35. The Balaban J connectivity index is 1.90. The number of aliphatic hydroxyl groups is 2. The summed E-state index contributed by atoms with van der Waals surface area (Å²) in [4.78, 5) is 0. The lowest BCUT2D eigenvalue weighted by Crippen LogP contribution is -2.47. The molecule has 4 heteroatoms. The van der Waals surface area contributed by atoms with E-state index < -0.39 is 12.2 Å². The van der Waals surface area contributed by atoms with E-state index in [4.69, 9.17) is 11.5 Å². The standard InChI is InChI=1S/C13H26N2O2/c14-10-5-1-3-8(12(10)16)7-9-4-2-6-11(15)13(9)17/h8-13,16-17H,1-7,14-15H2.